The minimum atomic E-state index is -0.757. The van der Waals surface area contributed by atoms with Gasteiger partial charge in [-0.05, 0) is 13.8 Å². The molecule has 1 unspecified atom stereocenters. The highest BCUT2D eigenvalue weighted by Gasteiger charge is 2.58. The highest BCUT2D eigenvalue weighted by atomic mass is 16.8. The lowest BCUT2D eigenvalue weighted by Gasteiger charge is -2.29. The van der Waals surface area contributed by atoms with E-state index in [0.29, 0.717) is 5.84 Å². The summed E-state index contributed by atoms with van der Waals surface area (Å²) in [5, 5.41) is 9.50. The summed E-state index contributed by atoms with van der Waals surface area (Å²) < 4.78 is 17.5. The second kappa shape index (κ2) is 4.66. The van der Waals surface area contributed by atoms with Gasteiger partial charge in [0.2, 0.25) is 0 Å². The van der Waals surface area contributed by atoms with Crippen LogP contribution in [0.1, 0.15) is 13.8 Å². The number of aliphatic imine (C=N–C) groups is 3. The molecule has 0 bridgehead atoms. The van der Waals surface area contributed by atoms with Gasteiger partial charge in [0.25, 0.3) is 5.91 Å². The van der Waals surface area contributed by atoms with Gasteiger partial charge in [0.15, 0.2) is 18.1 Å². The maximum Gasteiger partial charge on any atom is 0.279 e. The molecule has 0 aliphatic carbocycles. The minimum Gasteiger partial charge on any atom is -0.394 e. The monoisotopic (exact) mass is 308 g/mol. The van der Waals surface area contributed by atoms with Crippen molar-refractivity contribution in [3.8, 4) is 0 Å². The fourth-order valence-corrected chi connectivity index (χ4v) is 3.16. The zero-order valence-corrected chi connectivity index (χ0v) is 12.1. The molecule has 4 heterocycles. The van der Waals surface area contributed by atoms with E-state index >= 15 is 0 Å². The Hall–Kier alpha value is -1.68. The SMILES string of the molecule is CC1(C)O[C@@H]2[C@H](O1)[C@@H](CO)O[C@H]2N1C=NC2C(=O)N=CN=C21. The first-order valence-corrected chi connectivity index (χ1v) is 7.08. The van der Waals surface area contributed by atoms with Gasteiger partial charge in [-0.15, -0.1) is 0 Å². The molecule has 2 saturated heterocycles. The number of nitrogens with zero attached hydrogens (tertiary/aromatic N) is 4. The minimum absolute atomic E-state index is 0.182. The predicted octanol–water partition coefficient (Wildman–Crippen LogP) is -1.10. The molecular weight excluding hydrogens is 292 g/mol. The van der Waals surface area contributed by atoms with Crippen LogP contribution < -0.4 is 0 Å². The first-order valence-electron chi connectivity index (χ1n) is 7.08. The average Bonchev–Trinajstić information content (AvgIpc) is 3.10. The van der Waals surface area contributed by atoms with Gasteiger partial charge in [0.1, 0.15) is 30.5 Å². The van der Waals surface area contributed by atoms with Gasteiger partial charge >= 0.3 is 0 Å². The summed E-state index contributed by atoms with van der Waals surface area (Å²) in [5.74, 6) is -0.663. The molecular formula is C13H16N4O5. The van der Waals surface area contributed by atoms with Gasteiger partial charge in [-0.1, -0.05) is 0 Å². The molecule has 2 fully saturated rings. The number of hydrogen-bond donors (Lipinski definition) is 1. The molecule has 0 aromatic rings. The van der Waals surface area contributed by atoms with Crippen molar-refractivity contribution in [2.24, 2.45) is 15.0 Å². The highest BCUT2D eigenvalue weighted by molar-refractivity contribution is 6.19. The summed E-state index contributed by atoms with van der Waals surface area (Å²) in [6.45, 7) is 3.44. The fourth-order valence-electron chi connectivity index (χ4n) is 3.16. The van der Waals surface area contributed by atoms with Crippen molar-refractivity contribution < 1.29 is 24.1 Å². The third-order valence-electron chi connectivity index (χ3n) is 4.04. The van der Waals surface area contributed by atoms with E-state index in [1.54, 1.807) is 4.90 Å². The number of rotatable bonds is 2. The Morgan fingerprint density at radius 2 is 2.14 bits per heavy atom. The number of aliphatic hydroxyl groups excluding tert-OH is 1. The summed E-state index contributed by atoms with van der Waals surface area (Å²) in [4.78, 5) is 25.3. The van der Waals surface area contributed by atoms with E-state index in [2.05, 4.69) is 15.0 Å². The van der Waals surface area contributed by atoms with Gasteiger partial charge in [-0.3, -0.25) is 14.7 Å². The molecule has 4 aliphatic rings. The molecule has 5 atom stereocenters. The Bertz CT molecular complexity index is 601. The van der Waals surface area contributed by atoms with E-state index in [4.69, 9.17) is 14.2 Å². The normalized spacial score (nSPS) is 41.8. The van der Waals surface area contributed by atoms with E-state index in [1.807, 2.05) is 13.8 Å². The second-order valence-electron chi connectivity index (χ2n) is 5.96. The summed E-state index contributed by atoms with van der Waals surface area (Å²) in [5.41, 5.74) is 0. The van der Waals surface area contributed by atoms with Crippen LogP contribution >= 0.6 is 0 Å². The lowest BCUT2D eigenvalue weighted by atomic mass is 10.1. The Labute approximate surface area is 126 Å². The first kappa shape index (κ1) is 13.9. The fraction of sp³-hybridized carbons (Fsp3) is 0.692. The smallest absolute Gasteiger partial charge is 0.279 e. The molecule has 1 N–H and O–H groups in total. The van der Waals surface area contributed by atoms with Gasteiger partial charge in [0, 0.05) is 0 Å². The Kier molecular flexibility index (Phi) is 2.95. The molecule has 0 spiro atoms. The average molecular weight is 308 g/mol. The van der Waals surface area contributed by atoms with Crippen LogP contribution in [-0.2, 0) is 19.0 Å². The second-order valence-corrected chi connectivity index (χ2v) is 5.96. The zero-order chi connectivity index (χ0) is 15.5. The van der Waals surface area contributed by atoms with E-state index in [9.17, 15) is 9.90 Å². The van der Waals surface area contributed by atoms with Crippen molar-refractivity contribution in [1.82, 2.24) is 4.90 Å². The summed E-state index contributed by atoms with van der Waals surface area (Å²) >= 11 is 0. The number of amides is 1. The van der Waals surface area contributed by atoms with Gasteiger partial charge in [-0.25, -0.2) is 4.99 Å². The highest BCUT2D eigenvalue weighted by Crippen LogP contribution is 2.40. The van der Waals surface area contributed by atoms with E-state index < -0.39 is 30.3 Å². The van der Waals surface area contributed by atoms with Crippen molar-refractivity contribution in [2.75, 3.05) is 6.61 Å². The molecule has 0 radical (unpaired) electrons. The largest absolute Gasteiger partial charge is 0.394 e. The molecule has 0 aromatic heterocycles. The third kappa shape index (κ3) is 1.93. The molecule has 9 heteroatoms. The summed E-state index contributed by atoms with van der Waals surface area (Å²) in [6, 6.07) is -0.726. The molecule has 0 aromatic carbocycles. The molecule has 1 amide bonds. The summed E-state index contributed by atoms with van der Waals surface area (Å²) in [7, 11) is 0. The number of carbonyl (C=O) groups is 1. The standard InChI is InChI=1S/C13H16N4O5/c1-13(2)21-8-6(3-18)20-12(9(8)22-13)17-5-16-7-10(17)14-4-15-11(7)19/h4-9,12,18H,3H2,1-2H3/t6-,7?,8-,9-,12-/m1/s1. The van der Waals surface area contributed by atoms with Crippen molar-refractivity contribution in [3.05, 3.63) is 0 Å². The van der Waals surface area contributed by atoms with Crippen molar-refractivity contribution in [2.45, 2.75) is 50.2 Å². The Balaban J connectivity index is 1.63. The number of carbonyl (C=O) groups excluding carboxylic acids is 1. The van der Waals surface area contributed by atoms with Crippen molar-refractivity contribution in [1.29, 1.82) is 0 Å². The number of aliphatic hydroxyl groups is 1. The van der Waals surface area contributed by atoms with Crippen LogP contribution in [0.5, 0.6) is 0 Å². The van der Waals surface area contributed by atoms with E-state index in [1.165, 1.54) is 12.7 Å². The topological polar surface area (TPSA) is 105 Å². The van der Waals surface area contributed by atoms with Crippen molar-refractivity contribution >= 4 is 24.4 Å². The van der Waals surface area contributed by atoms with Gasteiger partial charge < -0.3 is 19.3 Å². The molecule has 4 aliphatic heterocycles. The number of amidine groups is 1. The molecule has 4 rings (SSSR count). The van der Waals surface area contributed by atoms with Gasteiger partial charge in [0.05, 0.1) is 12.9 Å². The van der Waals surface area contributed by atoms with Crippen LogP contribution in [0.3, 0.4) is 0 Å². The number of ether oxygens (including phenoxy) is 3. The zero-order valence-electron chi connectivity index (χ0n) is 12.1. The number of fused-ring (bicyclic) bond motifs is 2. The number of hydrogen-bond acceptors (Lipinski definition) is 8. The summed E-state index contributed by atoms with van der Waals surface area (Å²) in [6.07, 6.45) is 0.863. The van der Waals surface area contributed by atoms with Crippen LogP contribution in [0, 0.1) is 0 Å². The van der Waals surface area contributed by atoms with Crippen LogP contribution in [0.25, 0.3) is 0 Å². The molecule has 0 saturated carbocycles. The lowest BCUT2D eigenvalue weighted by molar-refractivity contribution is -0.198. The van der Waals surface area contributed by atoms with Gasteiger partial charge in [-0.2, -0.15) is 4.99 Å². The predicted molar refractivity (Wildman–Crippen MR) is 74.6 cm³/mol. The molecule has 22 heavy (non-hydrogen) atoms. The maximum atomic E-state index is 11.7. The Morgan fingerprint density at radius 3 is 2.91 bits per heavy atom. The van der Waals surface area contributed by atoms with Crippen molar-refractivity contribution in [3.63, 3.8) is 0 Å². The molecule has 118 valence electrons. The third-order valence-corrected chi connectivity index (χ3v) is 4.04. The lowest BCUT2D eigenvalue weighted by Crippen LogP contribution is -2.48. The van der Waals surface area contributed by atoms with Crippen LogP contribution in [-0.4, -0.2) is 77.4 Å². The first-order chi connectivity index (χ1) is 10.5. The van der Waals surface area contributed by atoms with Crippen LogP contribution in [0.4, 0.5) is 0 Å². The van der Waals surface area contributed by atoms with Crippen LogP contribution in [0.2, 0.25) is 0 Å². The maximum absolute atomic E-state index is 11.7. The van der Waals surface area contributed by atoms with Crippen LogP contribution in [0.15, 0.2) is 15.0 Å². The quantitative estimate of drug-likeness (QED) is 0.694. The Morgan fingerprint density at radius 1 is 1.36 bits per heavy atom. The molecule has 9 nitrogen and oxygen atoms in total. The van der Waals surface area contributed by atoms with E-state index in [0.717, 1.165) is 0 Å². The van der Waals surface area contributed by atoms with E-state index in [-0.39, 0.29) is 18.6 Å².